The number of halogens is 2. The van der Waals surface area contributed by atoms with Crippen LogP contribution in [0.5, 0.6) is 5.75 Å². The van der Waals surface area contributed by atoms with Gasteiger partial charge in [0.25, 0.3) is 0 Å². The lowest BCUT2D eigenvalue weighted by Gasteiger charge is -2.31. The van der Waals surface area contributed by atoms with Crippen molar-refractivity contribution in [1.82, 2.24) is 0 Å². The third-order valence-corrected chi connectivity index (χ3v) is 4.61. The molecule has 0 fully saturated rings. The van der Waals surface area contributed by atoms with Crippen molar-refractivity contribution in [2.75, 3.05) is 11.9 Å². The Hall–Kier alpha value is -0.210. The van der Waals surface area contributed by atoms with Crippen LogP contribution < -0.4 is 4.74 Å². The SMILES string of the molecule is CCCC(CBr)(CCC)COc1cccc(Cl)c1. The molecule has 18 heavy (non-hydrogen) atoms. The predicted octanol–water partition coefficient (Wildman–Crippen LogP) is 5.70. The van der Waals surface area contributed by atoms with Crippen LogP contribution in [0.2, 0.25) is 5.02 Å². The van der Waals surface area contributed by atoms with Crippen molar-refractivity contribution in [3.05, 3.63) is 29.3 Å². The van der Waals surface area contributed by atoms with E-state index in [4.69, 9.17) is 16.3 Å². The molecule has 0 atom stereocenters. The first kappa shape index (κ1) is 15.8. The van der Waals surface area contributed by atoms with Gasteiger partial charge in [-0.05, 0) is 31.0 Å². The first-order chi connectivity index (χ1) is 8.65. The van der Waals surface area contributed by atoms with Gasteiger partial charge in [0.1, 0.15) is 5.75 Å². The van der Waals surface area contributed by atoms with Crippen LogP contribution in [0.1, 0.15) is 39.5 Å². The largest absolute Gasteiger partial charge is 0.493 e. The highest BCUT2D eigenvalue weighted by atomic mass is 79.9. The molecule has 102 valence electrons. The van der Waals surface area contributed by atoms with Crippen molar-refractivity contribution in [3.63, 3.8) is 0 Å². The summed E-state index contributed by atoms with van der Waals surface area (Å²) < 4.78 is 5.93. The van der Waals surface area contributed by atoms with E-state index in [0.717, 1.165) is 22.7 Å². The van der Waals surface area contributed by atoms with Gasteiger partial charge in [-0.3, -0.25) is 0 Å². The topological polar surface area (TPSA) is 9.23 Å². The Morgan fingerprint density at radius 3 is 2.39 bits per heavy atom. The summed E-state index contributed by atoms with van der Waals surface area (Å²) in [6.45, 7) is 5.21. The van der Waals surface area contributed by atoms with Crippen molar-refractivity contribution in [2.24, 2.45) is 5.41 Å². The minimum absolute atomic E-state index is 0.242. The summed E-state index contributed by atoms with van der Waals surface area (Å²) in [4.78, 5) is 0. The van der Waals surface area contributed by atoms with Crippen LogP contribution in [0, 0.1) is 5.41 Å². The average molecular weight is 334 g/mol. The van der Waals surface area contributed by atoms with E-state index in [1.165, 1.54) is 25.7 Å². The number of rotatable bonds is 8. The molecule has 0 spiro atoms. The lowest BCUT2D eigenvalue weighted by Crippen LogP contribution is -2.30. The van der Waals surface area contributed by atoms with Crippen LogP contribution in [0.25, 0.3) is 0 Å². The predicted molar refractivity (Wildman–Crippen MR) is 83.0 cm³/mol. The van der Waals surface area contributed by atoms with Gasteiger partial charge in [-0.2, -0.15) is 0 Å². The molecule has 1 aromatic rings. The van der Waals surface area contributed by atoms with E-state index in [-0.39, 0.29) is 5.41 Å². The fourth-order valence-electron chi connectivity index (χ4n) is 2.30. The summed E-state index contributed by atoms with van der Waals surface area (Å²) in [6.07, 6.45) is 4.74. The summed E-state index contributed by atoms with van der Waals surface area (Å²) in [6, 6.07) is 7.62. The minimum Gasteiger partial charge on any atom is -0.493 e. The molecule has 1 rings (SSSR count). The first-order valence-electron chi connectivity index (χ1n) is 6.60. The summed E-state index contributed by atoms with van der Waals surface area (Å²) in [7, 11) is 0. The average Bonchev–Trinajstić information content (AvgIpc) is 2.37. The molecular formula is C15H22BrClO. The van der Waals surface area contributed by atoms with Crippen molar-refractivity contribution in [1.29, 1.82) is 0 Å². The second kappa shape index (κ2) is 8.06. The van der Waals surface area contributed by atoms with E-state index in [2.05, 4.69) is 29.8 Å². The highest BCUT2D eigenvalue weighted by Gasteiger charge is 2.28. The summed E-state index contributed by atoms with van der Waals surface area (Å²) >= 11 is 9.62. The summed E-state index contributed by atoms with van der Waals surface area (Å²) in [5.41, 5.74) is 0.242. The van der Waals surface area contributed by atoms with Crippen LogP contribution in [-0.4, -0.2) is 11.9 Å². The molecule has 0 heterocycles. The maximum Gasteiger partial charge on any atom is 0.120 e. The lowest BCUT2D eigenvalue weighted by molar-refractivity contribution is 0.144. The molecule has 0 radical (unpaired) electrons. The van der Waals surface area contributed by atoms with E-state index in [9.17, 15) is 0 Å². The molecule has 0 aromatic heterocycles. The zero-order chi connectivity index (χ0) is 13.4. The van der Waals surface area contributed by atoms with Crippen molar-refractivity contribution in [2.45, 2.75) is 39.5 Å². The quantitative estimate of drug-likeness (QED) is 0.554. The number of ether oxygens (including phenoxy) is 1. The van der Waals surface area contributed by atoms with Crippen LogP contribution in [0.15, 0.2) is 24.3 Å². The van der Waals surface area contributed by atoms with E-state index in [1.54, 1.807) is 0 Å². The molecule has 0 saturated carbocycles. The van der Waals surface area contributed by atoms with Gasteiger partial charge in [-0.25, -0.2) is 0 Å². The molecular weight excluding hydrogens is 312 g/mol. The summed E-state index contributed by atoms with van der Waals surface area (Å²) in [5.74, 6) is 0.861. The fourth-order valence-corrected chi connectivity index (χ4v) is 3.20. The highest BCUT2D eigenvalue weighted by molar-refractivity contribution is 9.09. The molecule has 0 bridgehead atoms. The highest BCUT2D eigenvalue weighted by Crippen LogP contribution is 2.33. The molecule has 0 saturated heterocycles. The third kappa shape index (κ3) is 4.81. The van der Waals surface area contributed by atoms with E-state index < -0.39 is 0 Å². The number of alkyl halides is 1. The standard InChI is InChI=1S/C15H22BrClO/c1-3-8-15(11-16,9-4-2)12-18-14-7-5-6-13(17)10-14/h5-7,10H,3-4,8-9,11-12H2,1-2H3. The molecule has 0 unspecified atom stereocenters. The Morgan fingerprint density at radius 2 is 1.89 bits per heavy atom. The van der Waals surface area contributed by atoms with Gasteiger partial charge < -0.3 is 4.74 Å². The Kier molecular flexibility index (Phi) is 7.10. The molecule has 3 heteroatoms. The molecule has 0 aliphatic rings. The Labute approximate surface area is 124 Å². The normalized spacial score (nSPS) is 11.6. The lowest BCUT2D eigenvalue weighted by atomic mass is 9.82. The minimum atomic E-state index is 0.242. The zero-order valence-electron chi connectivity index (χ0n) is 11.2. The van der Waals surface area contributed by atoms with E-state index in [0.29, 0.717) is 0 Å². The molecule has 0 N–H and O–H groups in total. The molecule has 0 aliphatic carbocycles. The van der Waals surface area contributed by atoms with Gasteiger partial charge in [0.05, 0.1) is 6.61 Å². The van der Waals surface area contributed by atoms with Gasteiger partial charge in [0.15, 0.2) is 0 Å². The van der Waals surface area contributed by atoms with Gasteiger partial charge in [0, 0.05) is 15.8 Å². The van der Waals surface area contributed by atoms with Crippen LogP contribution in [-0.2, 0) is 0 Å². The number of hydrogen-bond donors (Lipinski definition) is 0. The third-order valence-electron chi connectivity index (χ3n) is 3.19. The summed E-state index contributed by atoms with van der Waals surface area (Å²) in [5, 5.41) is 1.71. The van der Waals surface area contributed by atoms with Crippen LogP contribution >= 0.6 is 27.5 Å². The Morgan fingerprint density at radius 1 is 1.22 bits per heavy atom. The number of benzene rings is 1. The van der Waals surface area contributed by atoms with Crippen LogP contribution in [0.3, 0.4) is 0 Å². The maximum absolute atomic E-state index is 5.96. The molecule has 0 amide bonds. The van der Waals surface area contributed by atoms with Gasteiger partial charge in [-0.15, -0.1) is 0 Å². The smallest absolute Gasteiger partial charge is 0.120 e. The van der Waals surface area contributed by atoms with Crippen molar-refractivity contribution >= 4 is 27.5 Å². The van der Waals surface area contributed by atoms with Gasteiger partial charge in [0.2, 0.25) is 0 Å². The van der Waals surface area contributed by atoms with Gasteiger partial charge >= 0.3 is 0 Å². The Balaban J connectivity index is 2.66. The monoisotopic (exact) mass is 332 g/mol. The first-order valence-corrected chi connectivity index (χ1v) is 8.10. The second-order valence-corrected chi connectivity index (χ2v) is 5.88. The van der Waals surface area contributed by atoms with Crippen molar-refractivity contribution < 1.29 is 4.74 Å². The molecule has 0 aliphatic heterocycles. The van der Waals surface area contributed by atoms with E-state index >= 15 is 0 Å². The fraction of sp³-hybridized carbons (Fsp3) is 0.600. The van der Waals surface area contributed by atoms with Gasteiger partial charge in [-0.1, -0.05) is 60.3 Å². The number of hydrogen-bond acceptors (Lipinski definition) is 1. The zero-order valence-corrected chi connectivity index (χ0v) is 13.6. The second-order valence-electron chi connectivity index (χ2n) is 4.88. The van der Waals surface area contributed by atoms with Crippen LogP contribution in [0.4, 0.5) is 0 Å². The van der Waals surface area contributed by atoms with E-state index in [1.807, 2.05) is 24.3 Å². The maximum atomic E-state index is 5.96. The van der Waals surface area contributed by atoms with Crippen molar-refractivity contribution in [3.8, 4) is 5.75 Å². The molecule has 1 nitrogen and oxygen atoms in total. The molecule has 1 aromatic carbocycles. The Bertz CT molecular complexity index is 348.